The number of hydrogen-bond acceptors (Lipinski definition) is 3. The molecule has 1 saturated heterocycles. The highest BCUT2D eigenvalue weighted by Crippen LogP contribution is 2.34. The minimum absolute atomic E-state index is 0.0127. The largest absolute Gasteiger partial charge is 0.485 e. The Hall–Kier alpha value is -1.35. The summed E-state index contributed by atoms with van der Waals surface area (Å²) in [6.07, 6.45) is 0.824. The van der Waals surface area contributed by atoms with E-state index in [1.54, 1.807) is 0 Å². The molecular formula is C18H26O3. The molecule has 0 N–H and O–H groups in total. The van der Waals surface area contributed by atoms with Gasteiger partial charge in [0.1, 0.15) is 12.4 Å². The molecule has 0 aromatic heterocycles. The Morgan fingerprint density at radius 1 is 1.24 bits per heavy atom. The summed E-state index contributed by atoms with van der Waals surface area (Å²) in [4.78, 5) is 12.2. The summed E-state index contributed by atoms with van der Waals surface area (Å²) in [5, 5.41) is 0. The second-order valence-corrected chi connectivity index (χ2v) is 6.39. The first-order valence-electron chi connectivity index (χ1n) is 7.86. The van der Waals surface area contributed by atoms with E-state index < -0.39 is 0 Å². The smallest absolute Gasteiger partial charge is 0.175 e. The van der Waals surface area contributed by atoms with Crippen LogP contribution >= 0.6 is 0 Å². The van der Waals surface area contributed by atoms with E-state index in [0.29, 0.717) is 25.0 Å². The van der Waals surface area contributed by atoms with Crippen LogP contribution < -0.4 is 4.74 Å². The van der Waals surface area contributed by atoms with Crippen molar-refractivity contribution in [3.8, 4) is 5.75 Å². The third-order valence-corrected chi connectivity index (χ3v) is 4.06. The van der Waals surface area contributed by atoms with Gasteiger partial charge in [-0.3, -0.25) is 4.79 Å². The standard InChI is InChI=1S/C18H26O3/c1-12(2)15-6-5-7-16(13(3)4)18(15)21-11-17(19)14-8-9-20-10-14/h5-7,12-14H,8-11H2,1-4H3. The molecule has 0 saturated carbocycles. The molecule has 2 rings (SSSR count). The van der Waals surface area contributed by atoms with E-state index in [-0.39, 0.29) is 18.3 Å². The molecule has 1 atom stereocenters. The van der Waals surface area contributed by atoms with E-state index in [0.717, 1.165) is 12.2 Å². The number of para-hydroxylation sites is 1. The highest BCUT2D eigenvalue weighted by Gasteiger charge is 2.24. The topological polar surface area (TPSA) is 35.5 Å². The van der Waals surface area contributed by atoms with E-state index in [1.807, 2.05) is 0 Å². The Bertz CT molecular complexity index is 459. The van der Waals surface area contributed by atoms with Gasteiger partial charge in [0.05, 0.1) is 6.61 Å². The number of carbonyl (C=O) groups is 1. The maximum atomic E-state index is 12.2. The normalized spacial score (nSPS) is 18.5. The molecule has 1 aliphatic rings. The molecule has 0 radical (unpaired) electrons. The zero-order valence-electron chi connectivity index (χ0n) is 13.5. The van der Waals surface area contributed by atoms with Crippen LogP contribution in [0.1, 0.15) is 57.1 Å². The van der Waals surface area contributed by atoms with E-state index in [2.05, 4.69) is 45.9 Å². The second-order valence-electron chi connectivity index (χ2n) is 6.39. The van der Waals surface area contributed by atoms with Gasteiger partial charge in [0.15, 0.2) is 5.78 Å². The Kier molecular flexibility index (Phi) is 5.40. The zero-order chi connectivity index (χ0) is 15.4. The average molecular weight is 290 g/mol. The van der Waals surface area contributed by atoms with Crippen molar-refractivity contribution in [2.45, 2.75) is 46.0 Å². The fraction of sp³-hybridized carbons (Fsp3) is 0.611. The highest BCUT2D eigenvalue weighted by atomic mass is 16.5. The summed E-state index contributed by atoms with van der Waals surface area (Å²) in [5.74, 6) is 1.82. The molecule has 1 heterocycles. The van der Waals surface area contributed by atoms with Crippen molar-refractivity contribution in [3.05, 3.63) is 29.3 Å². The van der Waals surface area contributed by atoms with Crippen LogP contribution in [-0.4, -0.2) is 25.6 Å². The molecule has 3 heteroatoms. The Morgan fingerprint density at radius 2 is 1.86 bits per heavy atom. The summed E-state index contributed by atoms with van der Waals surface area (Å²) in [5.41, 5.74) is 2.35. The van der Waals surface area contributed by atoms with Gasteiger partial charge >= 0.3 is 0 Å². The van der Waals surface area contributed by atoms with Crippen LogP contribution in [0.5, 0.6) is 5.75 Å². The Balaban J connectivity index is 2.15. The summed E-state index contributed by atoms with van der Waals surface area (Å²) >= 11 is 0. The molecule has 0 bridgehead atoms. The van der Waals surface area contributed by atoms with Gasteiger partial charge in [-0.15, -0.1) is 0 Å². The lowest BCUT2D eigenvalue weighted by Crippen LogP contribution is -2.22. The number of ether oxygens (including phenoxy) is 2. The van der Waals surface area contributed by atoms with E-state index in [4.69, 9.17) is 9.47 Å². The molecular weight excluding hydrogens is 264 g/mol. The first-order chi connectivity index (χ1) is 10.0. The molecule has 1 aromatic carbocycles. The fourth-order valence-corrected chi connectivity index (χ4v) is 2.70. The summed E-state index contributed by atoms with van der Waals surface area (Å²) in [7, 11) is 0. The average Bonchev–Trinajstić information content (AvgIpc) is 2.98. The number of ketones is 1. The Morgan fingerprint density at radius 3 is 2.33 bits per heavy atom. The van der Waals surface area contributed by atoms with E-state index in [1.165, 1.54) is 11.1 Å². The van der Waals surface area contributed by atoms with Gasteiger partial charge in [0, 0.05) is 12.5 Å². The minimum Gasteiger partial charge on any atom is -0.485 e. The molecule has 1 unspecified atom stereocenters. The lowest BCUT2D eigenvalue weighted by Gasteiger charge is -2.20. The third kappa shape index (κ3) is 3.85. The SMILES string of the molecule is CC(C)c1cccc(C(C)C)c1OCC(=O)C1CCOC1. The van der Waals surface area contributed by atoms with Gasteiger partial charge in [-0.1, -0.05) is 45.9 Å². The van der Waals surface area contributed by atoms with Crippen molar-refractivity contribution in [2.24, 2.45) is 5.92 Å². The molecule has 1 aromatic rings. The maximum Gasteiger partial charge on any atom is 0.175 e. The van der Waals surface area contributed by atoms with Crippen LogP contribution in [0, 0.1) is 5.92 Å². The lowest BCUT2D eigenvalue weighted by molar-refractivity contribution is -0.124. The summed E-state index contributed by atoms with van der Waals surface area (Å²) in [6, 6.07) is 6.26. The van der Waals surface area contributed by atoms with Crippen LogP contribution in [0.3, 0.4) is 0 Å². The summed E-state index contributed by atoms with van der Waals surface area (Å²) < 4.78 is 11.2. The van der Waals surface area contributed by atoms with Crippen molar-refractivity contribution in [2.75, 3.05) is 19.8 Å². The molecule has 0 aliphatic carbocycles. The van der Waals surface area contributed by atoms with Crippen molar-refractivity contribution in [1.29, 1.82) is 0 Å². The van der Waals surface area contributed by atoms with Crippen LogP contribution in [0.2, 0.25) is 0 Å². The van der Waals surface area contributed by atoms with Gasteiger partial charge in [0.25, 0.3) is 0 Å². The van der Waals surface area contributed by atoms with Gasteiger partial charge < -0.3 is 9.47 Å². The van der Waals surface area contributed by atoms with Crippen LogP contribution in [0.4, 0.5) is 0 Å². The molecule has 116 valence electrons. The maximum absolute atomic E-state index is 12.2. The second kappa shape index (κ2) is 7.08. The van der Waals surface area contributed by atoms with Gasteiger partial charge in [-0.05, 0) is 29.4 Å². The number of Topliss-reactive ketones (excluding diaryl/α,β-unsaturated/α-hetero) is 1. The molecule has 3 nitrogen and oxygen atoms in total. The van der Waals surface area contributed by atoms with Crippen molar-refractivity contribution >= 4 is 5.78 Å². The molecule has 1 fully saturated rings. The quantitative estimate of drug-likeness (QED) is 0.796. The van der Waals surface area contributed by atoms with Crippen molar-refractivity contribution < 1.29 is 14.3 Å². The van der Waals surface area contributed by atoms with E-state index >= 15 is 0 Å². The third-order valence-electron chi connectivity index (χ3n) is 4.06. The van der Waals surface area contributed by atoms with Crippen LogP contribution in [0.25, 0.3) is 0 Å². The lowest BCUT2D eigenvalue weighted by atomic mass is 9.94. The molecule has 21 heavy (non-hydrogen) atoms. The first-order valence-corrected chi connectivity index (χ1v) is 7.86. The van der Waals surface area contributed by atoms with Crippen LogP contribution in [0.15, 0.2) is 18.2 Å². The first kappa shape index (κ1) is 16.0. The number of carbonyl (C=O) groups excluding carboxylic acids is 1. The minimum atomic E-state index is 0.0127. The molecule has 1 aliphatic heterocycles. The molecule has 0 spiro atoms. The van der Waals surface area contributed by atoms with Crippen molar-refractivity contribution in [1.82, 2.24) is 0 Å². The van der Waals surface area contributed by atoms with Crippen LogP contribution in [-0.2, 0) is 9.53 Å². The Labute approximate surface area is 127 Å². The highest BCUT2D eigenvalue weighted by molar-refractivity contribution is 5.82. The zero-order valence-corrected chi connectivity index (χ0v) is 13.5. The predicted octanol–water partition coefficient (Wildman–Crippen LogP) is 3.92. The fourth-order valence-electron chi connectivity index (χ4n) is 2.70. The molecule has 0 amide bonds. The monoisotopic (exact) mass is 290 g/mol. The van der Waals surface area contributed by atoms with Crippen molar-refractivity contribution in [3.63, 3.8) is 0 Å². The van der Waals surface area contributed by atoms with Gasteiger partial charge in [-0.25, -0.2) is 0 Å². The van der Waals surface area contributed by atoms with E-state index in [9.17, 15) is 4.79 Å². The van der Waals surface area contributed by atoms with Gasteiger partial charge in [-0.2, -0.15) is 0 Å². The van der Waals surface area contributed by atoms with Gasteiger partial charge in [0.2, 0.25) is 0 Å². The predicted molar refractivity (Wildman–Crippen MR) is 84.0 cm³/mol. The summed E-state index contributed by atoms with van der Waals surface area (Å²) in [6.45, 7) is 9.99. The number of hydrogen-bond donors (Lipinski definition) is 0. The number of rotatable bonds is 6. The number of benzene rings is 1.